The molecule has 5 rings (SSSR count). The second kappa shape index (κ2) is 10.1. The fraction of sp³-hybridized carbons (Fsp3) is 0.808. The molecule has 2 amide bonds. The summed E-state index contributed by atoms with van der Waals surface area (Å²) in [7, 11) is 1.93. The lowest BCUT2D eigenvalue weighted by molar-refractivity contribution is 0.0186. The number of nitrogens with one attached hydrogen (secondary N) is 1. The summed E-state index contributed by atoms with van der Waals surface area (Å²) in [6, 6.07) is 1.72. The number of ether oxygens (including phenoxy) is 2. The van der Waals surface area contributed by atoms with E-state index in [1.165, 1.54) is 12.8 Å². The van der Waals surface area contributed by atoms with Crippen LogP contribution in [0.1, 0.15) is 67.2 Å². The monoisotopic (exact) mass is 504 g/mol. The van der Waals surface area contributed by atoms with Crippen LogP contribution in [-0.4, -0.2) is 93.3 Å². The van der Waals surface area contributed by atoms with Crippen molar-refractivity contribution in [3.8, 4) is 0 Å². The molecule has 10 nitrogen and oxygen atoms in total. The van der Waals surface area contributed by atoms with E-state index in [9.17, 15) is 9.59 Å². The topological polar surface area (TPSA) is 92.2 Å². The Morgan fingerprint density at radius 2 is 1.31 bits per heavy atom. The van der Waals surface area contributed by atoms with Gasteiger partial charge in [-0.1, -0.05) is 0 Å². The van der Waals surface area contributed by atoms with E-state index in [-0.39, 0.29) is 17.8 Å². The van der Waals surface area contributed by atoms with Gasteiger partial charge in [0.2, 0.25) is 0 Å². The SMILES string of the molecule is CC(C)(C)OC(=O)N1CC2CCC(C1)N2.Cn1cc(N2C3CCC2CN(C(=O)OC(C)(C)C)C3)cn1. The van der Waals surface area contributed by atoms with Gasteiger partial charge in [0.1, 0.15) is 11.2 Å². The molecule has 0 aliphatic carbocycles. The minimum atomic E-state index is -0.434. The van der Waals surface area contributed by atoms with Crippen molar-refractivity contribution in [2.75, 3.05) is 31.1 Å². The molecular weight excluding hydrogens is 460 g/mol. The van der Waals surface area contributed by atoms with E-state index in [0.29, 0.717) is 24.2 Å². The molecule has 0 spiro atoms. The zero-order valence-electron chi connectivity index (χ0n) is 23.0. The number of aromatic nitrogens is 2. The van der Waals surface area contributed by atoms with Gasteiger partial charge >= 0.3 is 12.2 Å². The normalized spacial score (nSPS) is 27.5. The first-order valence-electron chi connectivity index (χ1n) is 13.3. The fourth-order valence-corrected chi connectivity index (χ4v) is 5.61. The van der Waals surface area contributed by atoms with Crippen molar-refractivity contribution >= 4 is 17.9 Å². The number of hydrogen-bond acceptors (Lipinski definition) is 7. The Morgan fingerprint density at radius 3 is 1.72 bits per heavy atom. The van der Waals surface area contributed by atoms with Crippen LogP contribution < -0.4 is 10.2 Å². The van der Waals surface area contributed by atoms with Gasteiger partial charge in [-0.25, -0.2) is 9.59 Å². The Labute approximate surface area is 215 Å². The predicted octanol–water partition coefficient (Wildman–Crippen LogP) is 3.37. The van der Waals surface area contributed by atoms with Gasteiger partial charge in [0, 0.05) is 63.6 Å². The first-order valence-corrected chi connectivity index (χ1v) is 13.3. The van der Waals surface area contributed by atoms with Gasteiger partial charge in [-0.05, 0) is 67.2 Å². The van der Waals surface area contributed by atoms with Crippen LogP contribution in [0.5, 0.6) is 0 Å². The Hall–Kier alpha value is -2.49. The van der Waals surface area contributed by atoms with Crippen LogP contribution in [0.2, 0.25) is 0 Å². The van der Waals surface area contributed by atoms with E-state index in [4.69, 9.17) is 9.47 Å². The molecule has 10 heteroatoms. The average Bonchev–Trinajstić information content (AvgIpc) is 3.40. The summed E-state index contributed by atoms with van der Waals surface area (Å²) in [5, 5.41) is 7.75. The van der Waals surface area contributed by atoms with Crippen molar-refractivity contribution in [3.05, 3.63) is 12.4 Å². The van der Waals surface area contributed by atoms with Crippen LogP contribution in [0.3, 0.4) is 0 Å². The Morgan fingerprint density at radius 1 is 0.833 bits per heavy atom. The number of hydrogen-bond donors (Lipinski definition) is 1. The number of aryl methyl sites for hydroxylation is 1. The Kier molecular flexibility index (Phi) is 7.46. The van der Waals surface area contributed by atoms with Crippen molar-refractivity contribution in [3.63, 3.8) is 0 Å². The molecule has 0 saturated carbocycles. The summed E-state index contributed by atoms with van der Waals surface area (Å²) in [5.74, 6) is 0. The van der Waals surface area contributed by atoms with Crippen molar-refractivity contribution in [1.82, 2.24) is 24.9 Å². The molecule has 4 saturated heterocycles. The maximum absolute atomic E-state index is 12.2. The summed E-state index contributed by atoms with van der Waals surface area (Å²) >= 11 is 0. The highest BCUT2D eigenvalue weighted by molar-refractivity contribution is 5.69. The van der Waals surface area contributed by atoms with E-state index >= 15 is 0 Å². The third kappa shape index (κ3) is 6.63. The van der Waals surface area contributed by atoms with Crippen LogP contribution in [0.4, 0.5) is 15.3 Å². The highest BCUT2D eigenvalue weighted by Gasteiger charge is 2.43. The van der Waals surface area contributed by atoms with Gasteiger partial charge in [-0.3, -0.25) is 4.68 Å². The number of carbonyl (C=O) groups excluding carboxylic acids is 2. The molecule has 0 aromatic carbocycles. The van der Waals surface area contributed by atoms with Crippen molar-refractivity contribution in [2.24, 2.45) is 7.05 Å². The maximum atomic E-state index is 12.2. The van der Waals surface area contributed by atoms with E-state index in [0.717, 1.165) is 44.7 Å². The molecule has 0 radical (unpaired) electrons. The molecule has 1 aromatic rings. The fourth-order valence-electron chi connectivity index (χ4n) is 5.61. The summed E-state index contributed by atoms with van der Waals surface area (Å²) in [6.45, 7) is 14.5. The molecule has 4 atom stereocenters. The van der Waals surface area contributed by atoms with Gasteiger partial charge in [-0.2, -0.15) is 5.10 Å². The van der Waals surface area contributed by atoms with E-state index in [2.05, 4.69) is 21.5 Å². The zero-order valence-corrected chi connectivity index (χ0v) is 23.0. The zero-order chi connectivity index (χ0) is 26.3. The second-order valence-corrected chi connectivity index (χ2v) is 12.6. The summed E-state index contributed by atoms with van der Waals surface area (Å²) < 4.78 is 12.7. The highest BCUT2D eigenvalue weighted by atomic mass is 16.6. The van der Waals surface area contributed by atoms with Crippen LogP contribution in [0, 0.1) is 0 Å². The van der Waals surface area contributed by atoms with Gasteiger partial charge in [0.25, 0.3) is 0 Å². The number of nitrogens with zero attached hydrogens (tertiary/aromatic N) is 5. The van der Waals surface area contributed by atoms with Gasteiger partial charge < -0.3 is 29.5 Å². The second-order valence-electron chi connectivity index (χ2n) is 12.6. The first-order chi connectivity index (χ1) is 16.8. The summed E-state index contributed by atoms with van der Waals surface area (Å²) in [5.41, 5.74) is 0.339. The van der Waals surface area contributed by atoms with Crippen LogP contribution >= 0.6 is 0 Å². The van der Waals surface area contributed by atoms with E-state index in [1.807, 2.05) is 69.3 Å². The summed E-state index contributed by atoms with van der Waals surface area (Å²) in [6.07, 6.45) is 8.22. The molecular formula is C26H44N6O4. The third-order valence-corrected chi connectivity index (χ3v) is 6.99. The highest BCUT2D eigenvalue weighted by Crippen LogP contribution is 2.35. The van der Waals surface area contributed by atoms with Gasteiger partial charge in [0.05, 0.1) is 11.9 Å². The predicted molar refractivity (Wildman–Crippen MR) is 138 cm³/mol. The average molecular weight is 505 g/mol. The Bertz CT molecular complexity index is 910. The number of fused-ring (bicyclic) bond motifs is 4. The van der Waals surface area contributed by atoms with Gasteiger partial charge in [-0.15, -0.1) is 0 Å². The molecule has 5 heterocycles. The van der Waals surface area contributed by atoms with E-state index < -0.39 is 5.60 Å². The number of piperazine rings is 2. The van der Waals surface area contributed by atoms with Gasteiger partial charge in [0.15, 0.2) is 0 Å². The standard InChI is InChI=1S/C15H24N4O2.C11H20N2O2/c1-15(2,3)21-14(20)18-9-11-5-6-12(10-18)19(11)13-7-16-17(4)8-13;1-11(2,3)15-10(14)13-6-8-4-5-9(7-13)12-8/h7-8,11-12H,5-6,9-10H2,1-4H3;8-9,12H,4-7H2,1-3H3. The van der Waals surface area contributed by atoms with Crippen LogP contribution in [-0.2, 0) is 16.5 Å². The molecule has 1 aromatic heterocycles. The summed E-state index contributed by atoms with van der Waals surface area (Å²) in [4.78, 5) is 30.2. The maximum Gasteiger partial charge on any atom is 0.410 e. The first kappa shape index (κ1) is 26.6. The van der Waals surface area contributed by atoms with Crippen LogP contribution in [0.15, 0.2) is 12.4 Å². The van der Waals surface area contributed by atoms with Crippen molar-refractivity contribution in [2.45, 2.75) is 103 Å². The number of likely N-dealkylation sites (tertiary alicyclic amines) is 2. The van der Waals surface area contributed by atoms with Crippen molar-refractivity contribution in [1.29, 1.82) is 0 Å². The molecule has 1 N–H and O–H groups in total. The number of anilines is 1. The number of amides is 2. The van der Waals surface area contributed by atoms with E-state index in [1.54, 1.807) is 0 Å². The number of rotatable bonds is 1. The lowest BCUT2D eigenvalue weighted by atomic mass is 10.2. The van der Waals surface area contributed by atoms with Crippen molar-refractivity contribution < 1.29 is 19.1 Å². The van der Waals surface area contributed by atoms with Crippen LogP contribution in [0.25, 0.3) is 0 Å². The smallest absolute Gasteiger partial charge is 0.410 e. The molecule has 4 fully saturated rings. The number of carbonyl (C=O) groups is 2. The molecule has 36 heavy (non-hydrogen) atoms. The minimum Gasteiger partial charge on any atom is -0.444 e. The quantitative estimate of drug-likeness (QED) is 0.627. The molecule has 202 valence electrons. The molecule has 4 aliphatic rings. The largest absolute Gasteiger partial charge is 0.444 e. The third-order valence-electron chi connectivity index (χ3n) is 6.99. The Balaban J connectivity index is 0.000000179. The molecule has 4 aliphatic heterocycles. The molecule has 4 unspecified atom stereocenters. The minimum absolute atomic E-state index is 0.166. The molecule has 4 bridgehead atoms. The lowest BCUT2D eigenvalue weighted by Crippen LogP contribution is -2.56. The lowest BCUT2D eigenvalue weighted by Gasteiger charge is -2.41.